The molecule has 140 valence electrons. The van der Waals surface area contributed by atoms with Crippen LogP contribution in [0.3, 0.4) is 0 Å². The molecule has 4 nitrogen and oxygen atoms in total. The number of benzene rings is 3. The van der Waals surface area contributed by atoms with E-state index in [1.807, 2.05) is 23.6 Å². The molecule has 5 rings (SSSR count). The number of hydrogen-bond donors (Lipinski definition) is 0. The van der Waals surface area contributed by atoms with E-state index in [1.165, 1.54) is 12.1 Å². The minimum atomic E-state index is -0.247. The van der Waals surface area contributed by atoms with Crippen molar-refractivity contribution in [3.8, 4) is 22.8 Å². The van der Waals surface area contributed by atoms with Crippen molar-refractivity contribution in [2.45, 2.75) is 6.54 Å². The molecule has 0 amide bonds. The molecule has 1 aliphatic rings. The lowest BCUT2D eigenvalue weighted by atomic mass is 10.0. The maximum absolute atomic E-state index is 13.2. The molecule has 0 atom stereocenters. The molecule has 1 aromatic heterocycles. The third-order valence-electron chi connectivity index (χ3n) is 4.92. The molecule has 6 heteroatoms. The van der Waals surface area contributed by atoms with Gasteiger partial charge in [0, 0.05) is 16.5 Å². The summed E-state index contributed by atoms with van der Waals surface area (Å²) in [4.78, 5) is 6.85. The predicted octanol–water partition coefficient (Wildman–Crippen LogP) is 5.47. The van der Waals surface area contributed by atoms with Crippen molar-refractivity contribution in [3.05, 3.63) is 71.4 Å². The molecule has 28 heavy (non-hydrogen) atoms. The van der Waals surface area contributed by atoms with Crippen molar-refractivity contribution < 1.29 is 13.9 Å². The second-order valence-corrected chi connectivity index (χ2v) is 7.46. The number of rotatable bonds is 3. The fraction of sp³-hybridized carbons (Fsp3) is 0.136. The number of methoxy groups -OCH3 is 1. The van der Waals surface area contributed by atoms with Gasteiger partial charge in [0.2, 0.25) is 0 Å². The standard InChI is InChI=1S/C22H17FN2O2S/c1-26-17-7-8-18-15(10-17)4-9-21-19(18)11-25(13-27-21)22-24-20(12-28-22)14-2-5-16(23)6-3-14/h2-10,12H,11,13H2,1H3. The highest BCUT2D eigenvalue weighted by atomic mass is 32.1. The highest BCUT2D eigenvalue weighted by molar-refractivity contribution is 7.14. The normalized spacial score (nSPS) is 13.3. The molecule has 0 bridgehead atoms. The van der Waals surface area contributed by atoms with E-state index in [2.05, 4.69) is 17.0 Å². The van der Waals surface area contributed by atoms with Crippen LogP contribution in [0.1, 0.15) is 5.56 Å². The van der Waals surface area contributed by atoms with Crippen molar-refractivity contribution in [3.63, 3.8) is 0 Å². The largest absolute Gasteiger partial charge is 0.497 e. The molecular weight excluding hydrogens is 375 g/mol. The second-order valence-electron chi connectivity index (χ2n) is 6.62. The first-order valence-corrected chi connectivity index (χ1v) is 9.78. The molecule has 0 fully saturated rings. The number of fused-ring (bicyclic) bond motifs is 3. The van der Waals surface area contributed by atoms with Crippen LogP contribution in [0, 0.1) is 5.82 Å². The van der Waals surface area contributed by atoms with Crippen LogP contribution < -0.4 is 14.4 Å². The average molecular weight is 392 g/mol. The van der Waals surface area contributed by atoms with Crippen molar-refractivity contribution in [2.24, 2.45) is 0 Å². The summed E-state index contributed by atoms with van der Waals surface area (Å²) < 4.78 is 24.5. The van der Waals surface area contributed by atoms with Gasteiger partial charge in [0.15, 0.2) is 11.9 Å². The van der Waals surface area contributed by atoms with E-state index >= 15 is 0 Å². The first kappa shape index (κ1) is 17.0. The maximum Gasteiger partial charge on any atom is 0.188 e. The van der Waals surface area contributed by atoms with Crippen LogP contribution in [-0.4, -0.2) is 18.8 Å². The number of anilines is 1. The van der Waals surface area contributed by atoms with Crippen molar-refractivity contribution in [2.75, 3.05) is 18.7 Å². The molecule has 0 saturated carbocycles. The minimum Gasteiger partial charge on any atom is -0.497 e. The first-order valence-electron chi connectivity index (χ1n) is 8.90. The van der Waals surface area contributed by atoms with Gasteiger partial charge in [-0.25, -0.2) is 9.37 Å². The molecule has 2 heterocycles. The monoisotopic (exact) mass is 392 g/mol. The fourth-order valence-corrected chi connectivity index (χ4v) is 4.27. The molecule has 1 aliphatic heterocycles. The maximum atomic E-state index is 13.2. The lowest BCUT2D eigenvalue weighted by Gasteiger charge is -2.29. The summed E-state index contributed by atoms with van der Waals surface area (Å²) in [5.74, 6) is 1.50. The van der Waals surface area contributed by atoms with Gasteiger partial charge in [-0.2, -0.15) is 0 Å². The summed E-state index contributed by atoms with van der Waals surface area (Å²) in [6.07, 6.45) is 0. The molecular formula is C22H17FN2O2S. The third kappa shape index (κ3) is 2.96. The zero-order chi connectivity index (χ0) is 19.1. The fourth-order valence-electron chi connectivity index (χ4n) is 3.45. The van der Waals surface area contributed by atoms with Crippen LogP contribution in [0.15, 0.2) is 60.0 Å². The number of aromatic nitrogens is 1. The Bertz CT molecular complexity index is 1160. The number of hydrogen-bond acceptors (Lipinski definition) is 5. The van der Waals surface area contributed by atoms with Crippen LogP contribution in [0.5, 0.6) is 11.5 Å². The SMILES string of the molecule is COc1ccc2c3c(ccc2c1)OCN(c1nc(-c2ccc(F)cc2)cs1)C3. The van der Waals surface area contributed by atoms with Gasteiger partial charge in [0.1, 0.15) is 17.3 Å². The Morgan fingerprint density at radius 1 is 1.11 bits per heavy atom. The zero-order valence-corrected chi connectivity index (χ0v) is 16.0. The molecule has 0 radical (unpaired) electrons. The quantitative estimate of drug-likeness (QED) is 0.463. The number of nitrogens with zero attached hydrogens (tertiary/aromatic N) is 2. The van der Waals surface area contributed by atoms with E-state index in [4.69, 9.17) is 14.5 Å². The van der Waals surface area contributed by atoms with Gasteiger partial charge < -0.3 is 14.4 Å². The molecule has 4 aromatic rings. The van der Waals surface area contributed by atoms with Gasteiger partial charge in [0.05, 0.1) is 19.3 Å². The molecule has 0 aliphatic carbocycles. The average Bonchev–Trinajstić information content (AvgIpc) is 3.23. The molecule has 0 spiro atoms. The Morgan fingerprint density at radius 3 is 2.79 bits per heavy atom. The van der Waals surface area contributed by atoms with Gasteiger partial charge in [-0.1, -0.05) is 12.1 Å². The van der Waals surface area contributed by atoms with E-state index in [-0.39, 0.29) is 5.82 Å². The summed E-state index contributed by atoms with van der Waals surface area (Å²) in [6.45, 7) is 1.17. The van der Waals surface area contributed by atoms with Crippen LogP contribution >= 0.6 is 11.3 Å². The highest BCUT2D eigenvalue weighted by Gasteiger charge is 2.22. The Hall–Kier alpha value is -3.12. The summed E-state index contributed by atoms with van der Waals surface area (Å²) >= 11 is 1.56. The second kappa shape index (κ2) is 6.80. The summed E-state index contributed by atoms with van der Waals surface area (Å²) in [6, 6.07) is 16.6. The molecule has 0 unspecified atom stereocenters. The van der Waals surface area contributed by atoms with E-state index < -0.39 is 0 Å². The van der Waals surface area contributed by atoms with Gasteiger partial charge in [0.25, 0.3) is 0 Å². The van der Waals surface area contributed by atoms with Crippen LogP contribution in [0.25, 0.3) is 22.0 Å². The Morgan fingerprint density at radius 2 is 1.96 bits per heavy atom. The third-order valence-corrected chi connectivity index (χ3v) is 5.82. The Labute approximate surface area is 165 Å². The van der Waals surface area contributed by atoms with Crippen molar-refractivity contribution >= 4 is 27.2 Å². The van der Waals surface area contributed by atoms with Crippen molar-refractivity contribution in [1.29, 1.82) is 0 Å². The van der Waals surface area contributed by atoms with Crippen LogP contribution in [0.4, 0.5) is 9.52 Å². The topological polar surface area (TPSA) is 34.6 Å². The number of thiazole rings is 1. The summed E-state index contributed by atoms with van der Waals surface area (Å²) in [5.41, 5.74) is 2.89. The lowest BCUT2D eigenvalue weighted by Crippen LogP contribution is -2.31. The van der Waals surface area contributed by atoms with Gasteiger partial charge in [-0.3, -0.25) is 0 Å². The number of halogens is 1. The Kier molecular flexibility index (Phi) is 4.13. The van der Waals surface area contributed by atoms with Crippen molar-refractivity contribution in [1.82, 2.24) is 4.98 Å². The van der Waals surface area contributed by atoms with E-state index in [0.717, 1.165) is 50.8 Å². The zero-order valence-electron chi connectivity index (χ0n) is 15.2. The Balaban J connectivity index is 1.47. The predicted molar refractivity (Wildman–Crippen MR) is 110 cm³/mol. The van der Waals surface area contributed by atoms with Crippen LogP contribution in [0.2, 0.25) is 0 Å². The van der Waals surface area contributed by atoms with E-state index in [9.17, 15) is 4.39 Å². The van der Waals surface area contributed by atoms with E-state index in [0.29, 0.717) is 6.73 Å². The van der Waals surface area contributed by atoms with Gasteiger partial charge in [-0.15, -0.1) is 11.3 Å². The number of ether oxygens (including phenoxy) is 2. The lowest BCUT2D eigenvalue weighted by molar-refractivity contribution is 0.290. The summed E-state index contributed by atoms with van der Waals surface area (Å²) in [7, 11) is 1.67. The molecule has 0 saturated heterocycles. The van der Waals surface area contributed by atoms with E-state index in [1.54, 1.807) is 30.6 Å². The highest BCUT2D eigenvalue weighted by Crippen LogP contribution is 2.37. The molecule has 3 aromatic carbocycles. The minimum absolute atomic E-state index is 0.247. The summed E-state index contributed by atoms with van der Waals surface area (Å²) in [5, 5.41) is 5.15. The van der Waals surface area contributed by atoms with Gasteiger partial charge >= 0.3 is 0 Å². The smallest absolute Gasteiger partial charge is 0.188 e. The molecule has 0 N–H and O–H groups in total. The first-order chi connectivity index (χ1) is 13.7. The van der Waals surface area contributed by atoms with Gasteiger partial charge in [-0.05, 0) is 53.2 Å². The van der Waals surface area contributed by atoms with Crippen LogP contribution in [-0.2, 0) is 6.54 Å².